The van der Waals surface area contributed by atoms with Crippen molar-refractivity contribution < 1.29 is 22.0 Å². The lowest BCUT2D eigenvalue weighted by atomic mass is 9.96. The predicted molar refractivity (Wildman–Crippen MR) is 118 cm³/mol. The summed E-state index contributed by atoms with van der Waals surface area (Å²) >= 11 is 6.02. The van der Waals surface area contributed by atoms with Gasteiger partial charge in [-0.1, -0.05) is 18.0 Å². The Morgan fingerprint density at radius 2 is 1.75 bits per heavy atom. The smallest absolute Gasteiger partial charge is 0.289 e. The molecule has 0 radical (unpaired) electrons. The fraction of sp³-hybridized carbons (Fsp3) is 0.455. The lowest BCUT2D eigenvalue weighted by molar-refractivity contribution is 0.0668. The molecule has 0 bridgehead atoms. The first kappa shape index (κ1) is 21.5. The summed E-state index contributed by atoms with van der Waals surface area (Å²) in [6.07, 6.45) is 4.11. The molecular formula is C22H24ClN3O5S. The minimum atomic E-state index is -3.70. The fourth-order valence-corrected chi connectivity index (χ4v) is 5.98. The van der Waals surface area contributed by atoms with E-state index in [1.165, 1.54) is 16.4 Å². The molecule has 8 nitrogen and oxygen atoms in total. The monoisotopic (exact) mass is 477 g/mol. The molecule has 4 heterocycles. The third-order valence-corrected chi connectivity index (χ3v) is 8.21. The van der Waals surface area contributed by atoms with E-state index in [-0.39, 0.29) is 22.7 Å². The highest BCUT2D eigenvalue weighted by Crippen LogP contribution is 2.32. The van der Waals surface area contributed by atoms with E-state index in [0.29, 0.717) is 55.5 Å². The Kier molecular flexibility index (Phi) is 5.73. The molecule has 32 heavy (non-hydrogen) atoms. The predicted octanol–water partition coefficient (Wildman–Crippen LogP) is 4.27. The number of carbonyl (C=O) groups excluding carboxylic acids is 1. The van der Waals surface area contributed by atoms with Crippen LogP contribution < -0.4 is 0 Å². The third kappa shape index (κ3) is 4.04. The highest BCUT2D eigenvalue weighted by atomic mass is 35.5. The zero-order valence-corrected chi connectivity index (χ0v) is 19.1. The maximum Gasteiger partial charge on any atom is 0.289 e. The molecule has 1 aromatic carbocycles. The van der Waals surface area contributed by atoms with Gasteiger partial charge in [0, 0.05) is 37.1 Å². The second-order valence-electron chi connectivity index (χ2n) is 8.31. The molecule has 10 heteroatoms. The fourth-order valence-electron chi connectivity index (χ4n) is 4.38. The summed E-state index contributed by atoms with van der Waals surface area (Å²) in [7, 11) is -3.70. The number of hydrogen-bond acceptors (Lipinski definition) is 6. The van der Waals surface area contributed by atoms with Gasteiger partial charge in [0.05, 0.1) is 0 Å². The highest BCUT2D eigenvalue weighted by molar-refractivity contribution is 7.89. The van der Waals surface area contributed by atoms with Crippen molar-refractivity contribution in [3.05, 3.63) is 47.0 Å². The molecule has 0 spiro atoms. The van der Waals surface area contributed by atoms with Crippen LogP contribution in [0.5, 0.6) is 0 Å². The van der Waals surface area contributed by atoms with Gasteiger partial charge in [0.25, 0.3) is 15.9 Å². The van der Waals surface area contributed by atoms with E-state index in [9.17, 15) is 13.2 Å². The van der Waals surface area contributed by atoms with Gasteiger partial charge in [-0.2, -0.15) is 4.31 Å². The number of fused-ring (bicyclic) bond motifs is 1. The largest absolute Gasteiger partial charge is 0.440 e. The van der Waals surface area contributed by atoms with Crippen molar-refractivity contribution >= 4 is 38.6 Å². The third-order valence-electron chi connectivity index (χ3n) is 6.20. The number of nitrogens with zero attached hydrogens (tertiary/aromatic N) is 3. The molecule has 2 fully saturated rings. The molecule has 2 saturated heterocycles. The Balaban J connectivity index is 1.24. The molecule has 0 N–H and O–H groups in total. The summed E-state index contributed by atoms with van der Waals surface area (Å²) in [5, 5.41) is 0.445. The van der Waals surface area contributed by atoms with Crippen LogP contribution in [0.3, 0.4) is 0 Å². The number of halogens is 1. The first-order chi connectivity index (χ1) is 15.4. The summed E-state index contributed by atoms with van der Waals surface area (Å²) in [4.78, 5) is 19.2. The van der Waals surface area contributed by atoms with Crippen LogP contribution >= 0.6 is 11.6 Å². The van der Waals surface area contributed by atoms with Crippen molar-refractivity contribution in [1.82, 2.24) is 14.2 Å². The molecule has 3 aromatic rings. The highest BCUT2D eigenvalue weighted by Gasteiger charge is 2.32. The Morgan fingerprint density at radius 1 is 1.00 bits per heavy atom. The molecule has 2 aliphatic heterocycles. The van der Waals surface area contributed by atoms with Crippen LogP contribution in [0.2, 0.25) is 5.02 Å². The van der Waals surface area contributed by atoms with Crippen molar-refractivity contribution in [3.8, 4) is 0 Å². The van der Waals surface area contributed by atoms with Gasteiger partial charge in [0.1, 0.15) is 5.52 Å². The Bertz CT molecular complexity index is 1240. The number of piperidine rings is 2. The van der Waals surface area contributed by atoms with Gasteiger partial charge in [0.15, 0.2) is 17.2 Å². The molecule has 2 aliphatic rings. The number of oxazole rings is 1. The maximum absolute atomic E-state index is 12.9. The molecule has 0 unspecified atom stereocenters. The average molecular weight is 478 g/mol. The molecular weight excluding hydrogens is 454 g/mol. The number of aromatic nitrogens is 1. The summed E-state index contributed by atoms with van der Waals surface area (Å²) in [6.45, 7) is 2.00. The first-order valence-corrected chi connectivity index (χ1v) is 12.7. The number of carbonyl (C=O) groups is 1. The van der Waals surface area contributed by atoms with Crippen molar-refractivity contribution in [2.45, 2.75) is 43.1 Å². The van der Waals surface area contributed by atoms with Gasteiger partial charge in [-0.3, -0.25) is 4.79 Å². The van der Waals surface area contributed by atoms with Crippen LogP contribution in [-0.4, -0.2) is 54.7 Å². The number of furan rings is 1. The second-order valence-corrected chi connectivity index (χ2v) is 10.6. The van der Waals surface area contributed by atoms with Crippen LogP contribution in [0.1, 0.15) is 54.5 Å². The Hall–Kier alpha value is -2.36. The van der Waals surface area contributed by atoms with E-state index < -0.39 is 10.0 Å². The maximum atomic E-state index is 12.9. The minimum Gasteiger partial charge on any atom is -0.440 e. The normalized spacial score (nSPS) is 19.0. The van der Waals surface area contributed by atoms with Crippen molar-refractivity contribution in [2.24, 2.45) is 0 Å². The molecule has 0 aliphatic carbocycles. The lowest BCUT2D eigenvalue weighted by Crippen LogP contribution is -2.38. The van der Waals surface area contributed by atoms with Crippen molar-refractivity contribution in [3.63, 3.8) is 0 Å². The molecule has 5 rings (SSSR count). The van der Waals surface area contributed by atoms with Gasteiger partial charge in [-0.15, -0.1) is 0 Å². The van der Waals surface area contributed by atoms with Crippen LogP contribution in [0.4, 0.5) is 0 Å². The van der Waals surface area contributed by atoms with E-state index in [0.717, 1.165) is 24.8 Å². The summed E-state index contributed by atoms with van der Waals surface area (Å²) in [5.74, 6) is 0.516. The number of benzene rings is 1. The number of rotatable bonds is 4. The standard InChI is InChI=1S/C22H24ClN3O5S/c23-16-4-5-18-17(14-16)24-21(31-18)15-8-12-25(13-9-15)22(27)19-6-7-20(30-19)32(28,29)26-10-2-1-3-11-26/h4-7,14-15H,1-3,8-13H2. The zero-order valence-electron chi connectivity index (χ0n) is 17.5. The van der Waals surface area contributed by atoms with E-state index >= 15 is 0 Å². The van der Waals surface area contributed by atoms with E-state index in [1.807, 2.05) is 0 Å². The number of amides is 1. The average Bonchev–Trinajstić information content (AvgIpc) is 3.47. The van der Waals surface area contributed by atoms with Gasteiger partial charge in [-0.05, 0) is 56.0 Å². The number of likely N-dealkylation sites (tertiary alicyclic amines) is 1. The van der Waals surface area contributed by atoms with E-state index in [4.69, 9.17) is 20.4 Å². The Morgan fingerprint density at radius 3 is 2.50 bits per heavy atom. The van der Waals surface area contributed by atoms with E-state index in [2.05, 4.69) is 4.98 Å². The van der Waals surface area contributed by atoms with Gasteiger partial charge in [-0.25, -0.2) is 13.4 Å². The molecule has 0 atom stereocenters. The molecule has 1 amide bonds. The summed E-state index contributed by atoms with van der Waals surface area (Å²) < 4.78 is 38.4. The van der Waals surface area contributed by atoms with Crippen molar-refractivity contribution in [1.29, 1.82) is 0 Å². The van der Waals surface area contributed by atoms with Gasteiger partial charge >= 0.3 is 0 Å². The lowest BCUT2D eigenvalue weighted by Gasteiger charge is -2.30. The Labute approximate surface area is 191 Å². The summed E-state index contributed by atoms with van der Waals surface area (Å²) in [6, 6.07) is 8.18. The molecule has 2 aromatic heterocycles. The SMILES string of the molecule is O=C(c1ccc(S(=O)(=O)N2CCCCC2)o1)N1CCC(c2nc3cc(Cl)ccc3o2)CC1. The molecule has 170 valence electrons. The van der Waals surface area contributed by atoms with Crippen LogP contribution in [0, 0.1) is 0 Å². The van der Waals surface area contributed by atoms with Crippen molar-refractivity contribution in [2.75, 3.05) is 26.2 Å². The van der Waals surface area contributed by atoms with Crippen LogP contribution in [0.25, 0.3) is 11.1 Å². The number of sulfonamides is 1. The zero-order chi connectivity index (χ0) is 22.3. The number of hydrogen-bond donors (Lipinski definition) is 0. The topological polar surface area (TPSA) is 96.9 Å². The van der Waals surface area contributed by atoms with Crippen LogP contribution in [-0.2, 0) is 10.0 Å². The summed E-state index contributed by atoms with van der Waals surface area (Å²) in [5.41, 5.74) is 1.42. The quantitative estimate of drug-likeness (QED) is 0.556. The minimum absolute atomic E-state index is 0.0514. The first-order valence-electron chi connectivity index (χ1n) is 10.9. The second kappa shape index (κ2) is 8.53. The van der Waals surface area contributed by atoms with Crippen LogP contribution in [0.15, 0.2) is 44.3 Å². The van der Waals surface area contributed by atoms with Gasteiger partial charge < -0.3 is 13.7 Å². The van der Waals surface area contributed by atoms with Gasteiger partial charge in [0.2, 0.25) is 5.09 Å². The molecule has 0 saturated carbocycles. The van der Waals surface area contributed by atoms with E-state index in [1.54, 1.807) is 23.1 Å².